The summed E-state index contributed by atoms with van der Waals surface area (Å²) in [5, 5.41) is 0.561. The van der Waals surface area contributed by atoms with Crippen LogP contribution in [0.5, 0.6) is 0 Å². The summed E-state index contributed by atoms with van der Waals surface area (Å²) in [7, 11) is 0. The van der Waals surface area contributed by atoms with E-state index >= 15 is 0 Å². The monoisotopic (exact) mass is 329 g/mol. The molecular weight excluding hydrogens is 310 g/mol. The first-order valence-electron chi connectivity index (χ1n) is 7.84. The molecule has 2 heterocycles. The van der Waals surface area contributed by atoms with Crippen LogP contribution in [0.15, 0.2) is 41.8 Å². The molecule has 1 saturated carbocycles. The first kappa shape index (κ1) is 15.9. The molecule has 0 unspecified atom stereocenters. The molecule has 1 aliphatic carbocycles. The van der Waals surface area contributed by atoms with E-state index < -0.39 is 0 Å². The minimum absolute atomic E-state index is 0.200. The Bertz CT molecular complexity index is 645. The van der Waals surface area contributed by atoms with Crippen molar-refractivity contribution in [2.24, 2.45) is 5.92 Å². The minimum atomic E-state index is -0.200. The van der Waals surface area contributed by atoms with Crippen LogP contribution in [0.25, 0.3) is 11.4 Å². The van der Waals surface area contributed by atoms with Gasteiger partial charge < -0.3 is 4.74 Å². The summed E-state index contributed by atoms with van der Waals surface area (Å²) >= 11 is 1.30. The third-order valence-electron chi connectivity index (χ3n) is 3.83. The molecule has 1 aliphatic rings. The number of ether oxygens (including phenoxy) is 1. The third-order valence-corrected chi connectivity index (χ3v) is 4.67. The Kier molecular flexibility index (Phi) is 5.58. The number of hydrogen-bond donors (Lipinski definition) is 0. The molecule has 0 radical (unpaired) electrons. The Morgan fingerprint density at radius 3 is 2.78 bits per heavy atom. The molecule has 3 rings (SSSR count). The van der Waals surface area contributed by atoms with Crippen molar-refractivity contribution in [2.75, 3.05) is 12.4 Å². The second-order valence-corrected chi connectivity index (χ2v) is 6.50. The highest BCUT2D eigenvalue weighted by atomic mass is 32.2. The van der Waals surface area contributed by atoms with Gasteiger partial charge in [-0.25, -0.2) is 9.97 Å². The van der Waals surface area contributed by atoms with Crippen LogP contribution in [0.3, 0.4) is 0 Å². The molecule has 0 N–H and O–H groups in total. The van der Waals surface area contributed by atoms with E-state index in [2.05, 4.69) is 15.0 Å². The molecule has 0 atom stereocenters. The van der Waals surface area contributed by atoms with E-state index in [0.717, 1.165) is 11.4 Å². The fourth-order valence-electron chi connectivity index (χ4n) is 2.62. The Morgan fingerprint density at radius 2 is 2.00 bits per heavy atom. The number of pyridine rings is 1. The number of esters is 1. The molecule has 5 nitrogen and oxygen atoms in total. The smallest absolute Gasteiger partial charge is 0.316 e. The van der Waals surface area contributed by atoms with E-state index in [9.17, 15) is 4.79 Å². The van der Waals surface area contributed by atoms with Gasteiger partial charge in [-0.2, -0.15) is 0 Å². The maximum atomic E-state index is 11.8. The van der Waals surface area contributed by atoms with Gasteiger partial charge in [0.15, 0.2) is 5.16 Å². The van der Waals surface area contributed by atoms with E-state index in [1.807, 2.05) is 24.3 Å². The number of carbonyl (C=O) groups excluding carboxylic acids is 1. The van der Waals surface area contributed by atoms with Gasteiger partial charge in [-0.3, -0.25) is 9.78 Å². The predicted molar refractivity (Wildman–Crippen MR) is 88.9 cm³/mol. The number of hydrogen-bond acceptors (Lipinski definition) is 6. The van der Waals surface area contributed by atoms with Crippen molar-refractivity contribution in [3.8, 4) is 11.4 Å². The normalized spacial score (nSPS) is 14.8. The number of carbonyl (C=O) groups is 1. The maximum absolute atomic E-state index is 11.8. The molecule has 2 aromatic heterocycles. The van der Waals surface area contributed by atoms with Crippen LogP contribution in [0, 0.1) is 5.92 Å². The van der Waals surface area contributed by atoms with E-state index in [1.54, 1.807) is 12.4 Å². The van der Waals surface area contributed by atoms with Crippen molar-refractivity contribution in [2.45, 2.75) is 30.8 Å². The lowest BCUT2D eigenvalue weighted by molar-refractivity contribution is -0.141. The fourth-order valence-corrected chi connectivity index (χ4v) is 3.25. The van der Waals surface area contributed by atoms with E-state index in [1.165, 1.54) is 37.4 Å². The average Bonchev–Trinajstić information content (AvgIpc) is 3.13. The first-order chi connectivity index (χ1) is 11.3. The summed E-state index contributed by atoms with van der Waals surface area (Å²) in [6, 6.07) is 7.48. The highest BCUT2D eigenvalue weighted by Crippen LogP contribution is 2.25. The Balaban J connectivity index is 1.51. The fraction of sp³-hybridized carbons (Fsp3) is 0.412. The van der Waals surface area contributed by atoms with Crippen LogP contribution in [0.1, 0.15) is 25.7 Å². The summed E-state index contributed by atoms with van der Waals surface area (Å²) in [6.45, 7) is 0.550. The lowest BCUT2D eigenvalue weighted by atomic mass is 10.1. The zero-order chi connectivity index (χ0) is 15.9. The van der Waals surface area contributed by atoms with Crippen LogP contribution < -0.4 is 0 Å². The highest BCUT2D eigenvalue weighted by molar-refractivity contribution is 7.99. The molecule has 1 fully saturated rings. The van der Waals surface area contributed by atoms with Crippen LogP contribution in [0.2, 0.25) is 0 Å². The van der Waals surface area contributed by atoms with E-state index in [0.29, 0.717) is 17.7 Å². The quantitative estimate of drug-likeness (QED) is 0.460. The zero-order valence-electron chi connectivity index (χ0n) is 12.9. The van der Waals surface area contributed by atoms with Gasteiger partial charge in [0.05, 0.1) is 23.7 Å². The summed E-state index contributed by atoms with van der Waals surface area (Å²) < 4.78 is 5.33. The van der Waals surface area contributed by atoms with Crippen LogP contribution in [-0.2, 0) is 9.53 Å². The summed E-state index contributed by atoms with van der Waals surface area (Å²) in [5.74, 6) is 0.583. The highest BCUT2D eigenvalue weighted by Gasteiger charge is 2.17. The molecule has 120 valence electrons. The molecule has 0 saturated heterocycles. The number of nitrogens with zero attached hydrogens (tertiary/aromatic N) is 3. The summed E-state index contributed by atoms with van der Waals surface area (Å²) in [5.41, 5.74) is 1.54. The first-order valence-corrected chi connectivity index (χ1v) is 8.83. The van der Waals surface area contributed by atoms with Gasteiger partial charge in [-0.1, -0.05) is 30.7 Å². The summed E-state index contributed by atoms with van der Waals surface area (Å²) in [6.07, 6.45) is 8.27. The SMILES string of the molecule is O=C(CSc1nccc(-c2ccccn2)n1)OCC1CCCC1. The van der Waals surface area contributed by atoms with Crippen molar-refractivity contribution in [3.05, 3.63) is 36.7 Å². The van der Waals surface area contributed by atoms with Crippen molar-refractivity contribution >= 4 is 17.7 Å². The Labute approximate surface area is 139 Å². The van der Waals surface area contributed by atoms with Gasteiger partial charge in [0.1, 0.15) is 0 Å². The van der Waals surface area contributed by atoms with Gasteiger partial charge in [-0.15, -0.1) is 0 Å². The third kappa shape index (κ3) is 4.76. The van der Waals surface area contributed by atoms with Crippen LogP contribution >= 0.6 is 11.8 Å². The van der Waals surface area contributed by atoms with Gasteiger partial charge >= 0.3 is 5.97 Å². The zero-order valence-corrected chi connectivity index (χ0v) is 13.7. The van der Waals surface area contributed by atoms with Crippen LogP contribution in [0.4, 0.5) is 0 Å². The second-order valence-electron chi connectivity index (χ2n) is 5.56. The lowest BCUT2D eigenvalue weighted by Gasteiger charge is -2.09. The summed E-state index contributed by atoms with van der Waals surface area (Å²) in [4.78, 5) is 24.7. The Morgan fingerprint density at radius 1 is 1.13 bits per heavy atom. The van der Waals surface area contributed by atoms with E-state index in [4.69, 9.17) is 4.74 Å². The van der Waals surface area contributed by atoms with E-state index in [-0.39, 0.29) is 11.7 Å². The predicted octanol–water partition coefficient (Wildman–Crippen LogP) is 3.36. The molecule has 2 aromatic rings. The Hall–Kier alpha value is -1.95. The number of rotatable bonds is 6. The molecule has 0 amide bonds. The second kappa shape index (κ2) is 8.06. The van der Waals surface area contributed by atoms with Crippen molar-refractivity contribution in [1.29, 1.82) is 0 Å². The van der Waals surface area contributed by atoms with Crippen molar-refractivity contribution in [3.63, 3.8) is 0 Å². The molecule has 0 bridgehead atoms. The molecule has 0 spiro atoms. The topological polar surface area (TPSA) is 65.0 Å². The van der Waals surface area contributed by atoms with Gasteiger partial charge in [0.2, 0.25) is 0 Å². The molecule has 0 aliphatic heterocycles. The van der Waals surface area contributed by atoms with Gasteiger partial charge in [0.25, 0.3) is 0 Å². The van der Waals surface area contributed by atoms with Gasteiger partial charge in [0, 0.05) is 12.4 Å². The van der Waals surface area contributed by atoms with Gasteiger partial charge in [-0.05, 0) is 37.0 Å². The lowest BCUT2D eigenvalue weighted by Crippen LogP contribution is -2.13. The number of aromatic nitrogens is 3. The van der Waals surface area contributed by atoms with Crippen molar-refractivity contribution < 1.29 is 9.53 Å². The van der Waals surface area contributed by atoms with Crippen LogP contribution in [-0.4, -0.2) is 33.3 Å². The maximum Gasteiger partial charge on any atom is 0.316 e. The average molecular weight is 329 g/mol. The largest absolute Gasteiger partial charge is 0.465 e. The standard InChI is InChI=1S/C17H19N3O2S/c21-16(22-11-13-5-1-2-6-13)12-23-17-19-10-8-15(20-17)14-7-3-4-9-18-14/h3-4,7-10,13H,1-2,5-6,11-12H2. The van der Waals surface area contributed by atoms with Crippen molar-refractivity contribution in [1.82, 2.24) is 15.0 Å². The molecule has 0 aromatic carbocycles. The molecular formula is C17H19N3O2S. The number of thioether (sulfide) groups is 1. The molecule has 23 heavy (non-hydrogen) atoms. The molecule has 6 heteroatoms. The minimum Gasteiger partial charge on any atom is -0.465 e.